The zero-order valence-electron chi connectivity index (χ0n) is 27.6. The minimum atomic E-state index is 0.294. The molecule has 0 bridgehead atoms. The highest BCUT2D eigenvalue weighted by Crippen LogP contribution is 2.63. The topological polar surface area (TPSA) is 75.6 Å². The zero-order chi connectivity index (χ0) is 31.3. The Bertz CT molecular complexity index is 1130. The van der Waals surface area contributed by atoms with Crippen LogP contribution in [-0.4, -0.2) is 77.8 Å². The summed E-state index contributed by atoms with van der Waals surface area (Å²) in [6, 6.07) is 16.3. The molecule has 2 fully saturated rings. The summed E-state index contributed by atoms with van der Waals surface area (Å²) in [5, 5.41) is 10.2. The van der Waals surface area contributed by atoms with Crippen LogP contribution in [0.15, 0.2) is 48.5 Å². The van der Waals surface area contributed by atoms with E-state index in [1.54, 1.807) is 0 Å². The molecule has 6 atom stereocenters. The minimum Gasteiger partial charge on any atom is -0.508 e. The number of benzene rings is 2. The molecule has 0 unspecified atom stereocenters. The quantitative estimate of drug-likeness (QED) is 0.160. The van der Waals surface area contributed by atoms with Crippen molar-refractivity contribution in [3.05, 3.63) is 65.2 Å². The number of phenolic OH excluding ortho intramolecular Hbond substituents is 1. The van der Waals surface area contributed by atoms with E-state index in [2.05, 4.69) is 25.1 Å². The van der Waals surface area contributed by atoms with Crippen LogP contribution in [0.25, 0.3) is 0 Å². The van der Waals surface area contributed by atoms with Crippen molar-refractivity contribution in [2.75, 3.05) is 66.6 Å². The molecule has 45 heavy (non-hydrogen) atoms. The fourth-order valence-electron chi connectivity index (χ4n) is 8.65. The molecule has 2 aromatic carbocycles. The first-order valence-corrected chi connectivity index (χ1v) is 17.4. The summed E-state index contributed by atoms with van der Waals surface area (Å²) in [5.74, 6) is 3.11. The zero-order valence-corrected chi connectivity index (χ0v) is 27.6. The fraction of sp³-hybridized carbons (Fsp3) is 0.684. The summed E-state index contributed by atoms with van der Waals surface area (Å²) in [5.41, 5.74) is 4.34. The van der Waals surface area contributed by atoms with Crippen LogP contribution in [0.3, 0.4) is 0 Å². The molecule has 3 aliphatic rings. The molecule has 3 aliphatic carbocycles. The van der Waals surface area contributed by atoms with Crippen molar-refractivity contribution in [3.63, 3.8) is 0 Å². The second-order valence-electron chi connectivity index (χ2n) is 13.5. The molecule has 1 N–H and O–H groups in total. The molecule has 7 heteroatoms. The predicted octanol–water partition coefficient (Wildman–Crippen LogP) is 6.94. The van der Waals surface area contributed by atoms with Crippen molar-refractivity contribution < 1.29 is 33.5 Å². The molecule has 0 saturated heterocycles. The molecule has 0 aromatic heterocycles. The number of methoxy groups -OCH3 is 1. The third-order valence-corrected chi connectivity index (χ3v) is 10.8. The highest BCUT2D eigenvalue weighted by Gasteiger charge is 2.57. The molecular weight excluding hydrogens is 568 g/mol. The van der Waals surface area contributed by atoms with E-state index in [-0.39, 0.29) is 0 Å². The molecule has 0 heterocycles. The smallest absolute Gasteiger partial charge is 0.115 e. The van der Waals surface area contributed by atoms with Crippen molar-refractivity contribution >= 4 is 0 Å². The van der Waals surface area contributed by atoms with Crippen molar-refractivity contribution in [1.82, 2.24) is 0 Å². The number of hydrogen-bond acceptors (Lipinski definition) is 7. The van der Waals surface area contributed by atoms with E-state index in [1.165, 1.54) is 55.2 Å². The van der Waals surface area contributed by atoms with Crippen LogP contribution in [0.2, 0.25) is 0 Å². The van der Waals surface area contributed by atoms with E-state index in [0.717, 1.165) is 25.4 Å². The number of unbranched alkanes of at least 4 members (excludes halogenated alkanes) is 1. The number of hydrogen-bond donors (Lipinski definition) is 1. The maximum Gasteiger partial charge on any atom is 0.115 e. The Morgan fingerprint density at radius 1 is 0.756 bits per heavy atom. The Morgan fingerprint density at radius 3 is 2.11 bits per heavy atom. The van der Waals surface area contributed by atoms with Gasteiger partial charge in [0.2, 0.25) is 0 Å². The molecule has 0 spiro atoms. The molecule has 0 radical (unpaired) electrons. The predicted molar refractivity (Wildman–Crippen MR) is 176 cm³/mol. The van der Waals surface area contributed by atoms with Gasteiger partial charge in [0.15, 0.2) is 0 Å². The summed E-state index contributed by atoms with van der Waals surface area (Å²) < 4.78 is 34.3. The van der Waals surface area contributed by atoms with Gasteiger partial charge in [-0.15, -0.1) is 0 Å². The number of phenols is 1. The van der Waals surface area contributed by atoms with Crippen LogP contribution >= 0.6 is 0 Å². The van der Waals surface area contributed by atoms with Crippen LogP contribution in [0, 0.1) is 23.2 Å². The Morgan fingerprint density at radius 2 is 1.42 bits per heavy atom. The van der Waals surface area contributed by atoms with Gasteiger partial charge in [-0.05, 0) is 103 Å². The maximum absolute atomic E-state index is 10.2. The summed E-state index contributed by atoms with van der Waals surface area (Å²) in [6.45, 7) is 8.48. The molecule has 7 nitrogen and oxygen atoms in total. The van der Waals surface area contributed by atoms with E-state index < -0.39 is 0 Å². The summed E-state index contributed by atoms with van der Waals surface area (Å²) >= 11 is 0. The van der Waals surface area contributed by atoms with Crippen LogP contribution in [0.1, 0.15) is 74.5 Å². The largest absolute Gasteiger partial charge is 0.508 e. The van der Waals surface area contributed by atoms with E-state index in [4.69, 9.17) is 28.4 Å². The normalized spacial score (nSPS) is 27.2. The number of fused-ring (bicyclic) bond motifs is 5. The first kappa shape index (κ1) is 34.3. The van der Waals surface area contributed by atoms with E-state index in [9.17, 15) is 5.11 Å². The first-order valence-electron chi connectivity index (χ1n) is 17.4. The molecular formula is C38H56O7. The van der Waals surface area contributed by atoms with Crippen molar-refractivity contribution in [2.24, 2.45) is 23.2 Å². The Balaban J connectivity index is 0.899. The summed E-state index contributed by atoms with van der Waals surface area (Å²) in [7, 11) is 1.91. The summed E-state index contributed by atoms with van der Waals surface area (Å²) in [4.78, 5) is 0. The number of rotatable bonds is 20. The van der Waals surface area contributed by atoms with E-state index in [1.807, 2.05) is 37.4 Å². The highest BCUT2D eigenvalue weighted by molar-refractivity contribution is 5.40. The van der Waals surface area contributed by atoms with Gasteiger partial charge in [0, 0.05) is 13.7 Å². The average Bonchev–Trinajstić information content (AvgIpc) is 3.40. The molecule has 0 aliphatic heterocycles. The van der Waals surface area contributed by atoms with E-state index >= 15 is 0 Å². The first-order chi connectivity index (χ1) is 22.1. The molecule has 2 saturated carbocycles. The van der Waals surface area contributed by atoms with Crippen LogP contribution in [0.4, 0.5) is 0 Å². The van der Waals surface area contributed by atoms with Gasteiger partial charge in [-0.2, -0.15) is 0 Å². The van der Waals surface area contributed by atoms with Gasteiger partial charge in [0.05, 0.1) is 65.6 Å². The molecule has 250 valence electrons. The van der Waals surface area contributed by atoms with Crippen LogP contribution in [-0.2, 0) is 41.4 Å². The minimum absolute atomic E-state index is 0.294. The Kier molecular flexibility index (Phi) is 13.6. The summed E-state index contributed by atoms with van der Waals surface area (Å²) in [6.07, 6.45) is 9.90. The third-order valence-electron chi connectivity index (χ3n) is 10.8. The van der Waals surface area contributed by atoms with Crippen molar-refractivity contribution in [1.29, 1.82) is 0 Å². The second kappa shape index (κ2) is 17.8. The Labute approximate surface area is 270 Å². The van der Waals surface area contributed by atoms with Crippen LogP contribution in [0.5, 0.6) is 5.75 Å². The maximum atomic E-state index is 10.2. The highest BCUT2D eigenvalue weighted by atomic mass is 16.6. The number of ether oxygens (including phenoxy) is 6. The monoisotopic (exact) mass is 624 g/mol. The van der Waals surface area contributed by atoms with Crippen LogP contribution < -0.4 is 0 Å². The lowest BCUT2D eigenvalue weighted by Crippen LogP contribution is -2.47. The van der Waals surface area contributed by atoms with Gasteiger partial charge >= 0.3 is 0 Å². The standard InChI is InChI=1S/C38H56O7/c1-38-16-15-34-33-12-11-32(39)27-31(33)26-30(37(34)35(38)13-14-36(38)40-2)10-6-7-17-41-18-19-42-20-21-43-22-23-44-24-25-45-28-29-8-4-3-5-9-29/h3-5,8-9,11-12,27,30,34-37,39H,6-7,10,13-26,28H2,1-2H3/t30-,34-,35+,36+,37-,38+/m1/s1. The van der Waals surface area contributed by atoms with E-state index in [0.29, 0.717) is 94.5 Å². The van der Waals surface area contributed by atoms with Gasteiger partial charge < -0.3 is 33.5 Å². The van der Waals surface area contributed by atoms with Gasteiger partial charge in [-0.1, -0.05) is 49.7 Å². The van der Waals surface area contributed by atoms with Crippen molar-refractivity contribution in [2.45, 2.75) is 76.9 Å². The van der Waals surface area contributed by atoms with Gasteiger partial charge in [-0.25, -0.2) is 0 Å². The lowest BCUT2D eigenvalue weighted by Gasteiger charge is -2.53. The molecule has 0 amide bonds. The SMILES string of the molecule is CO[C@H]1CC[C@H]2[C@@H]3[C@H](CCCCOCCOCCOCCOCCOCc4ccccc4)Cc4cc(O)ccc4[C@H]3CC[C@]12C. The average molecular weight is 625 g/mol. The van der Waals surface area contributed by atoms with Crippen molar-refractivity contribution in [3.8, 4) is 5.75 Å². The van der Waals surface area contributed by atoms with Gasteiger partial charge in [0.1, 0.15) is 5.75 Å². The Hall–Kier alpha value is -2.00. The lowest BCUT2D eigenvalue weighted by atomic mass is 9.52. The number of aromatic hydroxyl groups is 1. The second-order valence-corrected chi connectivity index (χ2v) is 13.5. The molecule has 2 aromatic rings. The van der Waals surface area contributed by atoms with Gasteiger partial charge in [-0.3, -0.25) is 0 Å². The third kappa shape index (κ3) is 9.30. The lowest BCUT2D eigenvalue weighted by molar-refractivity contribution is -0.0573. The van der Waals surface area contributed by atoms with Gasteiger partial charge in [0.25, 0.3) is 0 Å². The molecule has 5 rings (SSSR count). The fourth-order valence-corrected chi connectivity index (χ4v) is 8.65.